The molecule has 2 N–H and O–H groups in total. The monoisotopic (exact) mass is 279 g/mol. The van der Waals surface area contributed by atoms with Crippen molar-refractivity contribution in [2.45, 2.75) is 13.0 Å². The third-order valence-corrected chi connectivity index (χ3v) is 3.33. The molecule has 1 aromatic carbocycles. The van der Waals surface area contributed by atoms with Gasteiger partial charge >= 0.3 is 0 Å². The molecule has 1 fully saturated rings. The molecule has 1 atom stereocenters. The molecule has 1 saturated heterocycles. The Morgan fingerprint density at radius 2 is 2.20 bits per heavy atom. The average molecular weight is 279 g/mol. The number of aromatic amines is 1. The van der Waals surface area contributed by atoms with E-state index in [1.54, 1.807) is 0 Å². The lowest BCUT2D eigenvalue weighted by atomic mass is 10.2. The summed E-state index contributed by atoms with van der Waals surface area (Å²) in [7, 11) is 0. The molecule has 1 aliphatic rings. The van der Waals surface area contributed by atoms with Gasteiger partial charge in [-0.15, -0.1) is 5.10 Å². The first-order valence-corrected chi connectivity index (χ1v) is 6.50. The summed E-state index contributed by atoms with van der Waals surface area (Å²) in [6.07, 6.45) is 0. The Bertz CT molecular complexity index is 613. The molecule has 0 aliphatic carbocycles. The van der Waals surface area contributed by atoms with Crippen molar-refractivity contribution in [2.24, 2.45) is 0 Å². The van der Waals surface area contributed by atoms with Crippen LogP contribution in [0.25, 0.3) is 11.4 Å². The van der Waals surface area contributed by atoms with Crippen LogP contribution in [0.2, 0.25) is 0 Å². The van der Waals surface area contributed by atoms with E-state index >= 15 is 0 Å². The third-order valence-electron chi connectivity index (χ3n) is 3.33. The Kier molecular flexibility index (Phi) is 3.35. The second kappa shape index (κ2) is 5.16. The van der Waals surface area contributed by atoms with Crippen LogP contribution in [0.1, 0.15) is 6.92 Å². The summed E-state index contributed by atoms with van der Waals surface area (Å²) in [5, 5.41) is 10.1. The predicted molar refractivity (Wildman–Crippen MR) is 71.4 cm³/mol. The number of rotatable bonds is 2. The molecule has 2 aromatic rings. The van der Waals surface area contributed by atoms with E-state index in [-0.39, 0.29) is 11.4 Å². The molecular weight excluding hydrogens is 264 g/mol. The van der Waals surface area contributed by atoms with Crippen LogP contribution < -0.4 is 10.2 Å². The van der Waals surface area contributed by atoms with Gasteiger partial charge in [0.1, 0.15) is 0 Å². The molecule has 0 radical (unpaired) electrons. The molecule has 106 valence electrons. The van der Waals surface area contributed by atoms with Gasteiger partial charge in [0.15, 0.2) is 17.5 Å². The molecule has 20 heavy (non-hydrogen) atoms. The van der Waals surface area contributed by atoms with Gasteiger partial charge in [-0.2, -0.15) is 4.98 Å². The molecular formula is C13H15F2N5. The minimum atomic E-state index is -0.913. The molecule has 2 heterocycles. The van der Waals surface area contributed by atoms with Crippen LogP contribution in [0, 0.1) is 11.6 Å². The van der Waals surface area contributed by atoms with Crippen LogP contribution in [0.4, 0.5) is 14.7 Å². The quantitative estimate of drug-likeness (QED) is 0.875. The number of hydrogen-bond acceptors (Lipinski definition) is 4. The van der Waals surface area contributed by atoms with Gasteiger partial charge in [-0.05, 0) is 19.1 Å². The highest BCUT2D eigenvalue weighted by molar-refractivity contribution is 5.57. The minimum Gasteiger partial charge on any atom is -0.337 e. The van der Waals surface area contributed by atoms with E-state index in [0.29, 0.717) is 12.0 Å². The Labute approximate surface area is 115 Å². The predicted octanol–water partition coefficient (Wildman–Crippen LogP) is 1.55. The lowest BCUT2D eigenvalue weighted by Crippen LogP contribution is -2.49. The van der Waals surface area contributed by atoms with Crippen LogP contribution in [0.5, 0.6) is 0 Å². The number of benzene rings is 1. The highest BCUT2D eigenvalue weighted by Crippen LogP contribution is 2.22. The van der Waals surface area contributed by atoms with Crippen LogP contribution in [0.3, 0.4) is 0 Å². The van der Waals surface area contributed by atoms with Crippen molar-refractivity contribution >= 4 is 5.95 Å². The van der Waals surface area contributed by atoms with E-state index in [0.717, 1.165) is 25.7 Å². The fourth-order valence-corrected chi connectivity index (χ4v) is 2.32. The molecule has 3 rings (SSSR count). The number of nitrogens with zero attached hydrogens (tertiary/aromatic N) is 3. The zero-order valence-corrected chi connectivity index (χ0v) is 11.0. The standard InChI is InChI=1S/C13H15F2N5/c1-8-7-20(6-5-16-8)13-17-12(18-19-13)9-3-2-4-10(14)11(9)15/h2-4,8,16H,5-7H2,1H3,(H,17,18,19)/t8-/m0/s1. The summed E-state index contributed by atoms with van der Waals surface area (Å²) < 4.78 is 26.9. The van der Waals surface area contributed by atoms with E-state index < -0.39 is 11.6 Å². The summed E-state index contributed by atoms with van der Waals surface area (Å²) in [6, 6.07) is 4.34. The molecule has 1 aromatic heterocycles. The normalized spacial score (nSPS) is 19.4. The van der Waals surface area contributed by atoms with E-state index in [1.165, 1.54) is 12.1 Å². The van der Waals surface area contributed by atoms with Crippen LogP contribution >= 0.6 is 0 Å². The van der Waals surface area contributed by atoms with E-state index in [1.807, 2.05) is 4.90 Å². The Morgan fingerprint density at radius 1 is 1.35 bits per heavy atom. The summed E-state index contributed by atoms with van der Waals surface area (Å²) in [6.45, 7) is 4.49. The number of nitrogens with one attached hydrogen (secondary N) is 2. The number of halogens is 2. The molecule has 1 aliphatic heterocycles. The van der Waals surface area contributed by atoms with E-state index in [9.17, 15) is 8.78 Å². The van der Waals surface area contributed by atoms with Crippen molar-refractivity contribution in [1.29, 1.82) is 0 Å². The maximum absolute atomic E-state index is 13.7. The maximum Gasteiger partial charge on any atom is 0.245 e. The number of hydrogen-bond donors (Lipinski definition) is 2. The lowest BCUT2D eigenvalue weighted by molar-refractivity contribution is 0.480. The largest absolute Gasteiger partial charge is 0.337 e. The van der Waals surface area contributed by atoms with Gasteiger partial charge in [-0.25, -0.2) is 8.78 Å². The first kappa shape index (κ1) is 13.0. The van der Waals surface area contributed by atoms with Crippen molar-refractivity contribution < 1.29 is 8.78 Å². The van der Waals surface area contributed by atoms with Gasteiger partial charge in [0.05, 0.1) is 5.56 Å². The number of piperazine rings is 1. The van der Waals surface area contributed by atoms with Gasteiger partial charge in [-0.1, -0.05) is 6.07 Å². The van der Waals surface area contributed by atoms with E-state index in [4.69, 9.17) is 0 Å². The van der Waals surface area contributed by atoms with Crippen molar-refractivity contribution in [3.8, 4) is 11.4 Å². The van der Waals surface area contributed by atoms with Gasteiger partial charge < -0.3 is 10.2 Å². The van der Waals surface area contributed by atoms with Crippen LogP contribution in [0.15, 0.2) is 18.2 Å². The fourth-order valence-electron chi connectivity index (χ4n) is 2.32. The van der Waals surface area contributed by atoms with Gasteiger partial charge in [0.2, 0.25) is 5.95 Å². The smallest absolute Gasteiger partial charge is 0.245 e. The van der Waals surface area contributed by atoms with Gasteiger partial charge in [0.25, 0.3) is 0 Å². The summed E-state index contributed by atoms with van der Waals surface area (Å²) in [5.74, 6) is -1.06. The molecule has 7 heteroatoms. The zero-order valence-electron chi connectivity index (χ0n) is 11.0. The Hall–Kier alpha value is -2.02. The third kappa shape index (κ3) is 2.36. The fraction of sp³-hybridized carbons (Fsp3) is 0.385. The van der Waals surface area contributed by atoms with Gasteiger partial charge in [-0.3, -0.25) is 5.10 Å². The molecule has 0 amide bonds. The first-order valence-electron chi connectivity index (χ1n) is 6.50. The molecule has 0 unspecified atom stereocenters. The van der Waals surface area contributed by atoms with Crippen molar-refractivity contribution in [3.05, 3.63) is 29.8 Å². The second-order valence-corrected chi connectivity index (χ2v) is 4.89. The maximum atomic E-state index is 13.7. The highest BCUT2D eigenvalue weighted by Gasteiger charge is 2.20. The number of anilines is 1. The van der Waals surface area contributed by atoms with Crippen molar-refractivity contribution in [2.75, 3.05) is 24.5 Å². The van der Waals surface area contributed by atoms with E-state index in [2.05, 4.69) is 27.4 Å². The Morgan fingerprint density at radius 3 is 3.00 bits per heavy atom. The first-order chi connectivity index (χ1) is 9.65. The molecule has 5 nitrogen and oxygen atoms in total. The minimum absolute atomic E-state index is 0.0898. The zero-order chi connectivity index (χ0) is 14.1. The summed E-state index contributed by atoms with van der Waals surface area (Å²) in [5.41, 5.74) is 0.0898. The summed E-state index contributed by atoms with van der Waals surface area (Å²) in [4.78, 5) is 6.28. The Balaban J connectivity index is 1.88. The lowest BCUT2D eigenvalue weighted by Gasteiger charge is -2.30. The number of H-pyrrole nitrogens is 1. The second-order valence-electron chi connectivity index (χ2n) is 4.89. The molecule has 0 saturated carbocycles. The average Bonchev–Trinajstić information content (AvgIpc) is 2.91. The van der Waals surface area contributed by atoms with Crippen LogP contribution in [-0.4, -0.2) is 40.9 Å². The summed E-state index contributed by atoms with van der Waals surface area (Å²) >= 11 is 0. The topological polar surface area (TPSA) is 56.8 Å². The molecule has 0 spiro atoms. The highest BCUT2D eigenvalue weighted by atomic mass is 19.2. The van der Waals surface area contributed by atoms with Crippen molar-refractivity contribution in [3.63, 3.8) is 0 Å². The van der Waals surface area contributed by atoms with Crippen molar-refractivity contribution in [1.82, 2.24) is 20.5 Å². The van der Waals surface area contributed by atoms with Crippen LogP contribution in [-0.2, 0) is 0 Å². The van der Waals surface area contributed by atoms with Gasteiger partial charge in [0, 0.05) is 25.7 Å². The number of aromatic nitrogens is 3. The molecule has 0 bridgehead atoms. The SMILES string of the molecule is C[C@H]1CN(c2n[nH]c(-c3cccc(F)c3F)n2)CCN1.